The third-order valence-electron chi connectivity index (χ3n) is 6.79. The van der Waals surface area contributed by atoms with Crippen molar-refractivity contribution < 1.29 is 28.3 Å². The number of halogens is 2. The van der Waals surface area contributed by atoms with Crippen LogP contribution in [0.5, 0.6) is 5.75 Å². The molecule has 12 heteroatoms. The predicted molar refractivity (Wildman–Crippen MR) is 123 cm³/mol. The number of fused-ring (bicyclic) bond motifs is 4. The van der Waals surface area contributed by atoms with Crippen molar-refractivity contribution in [2.75, 3.05) is 20.3 Å². The molecule has 2 aliphatic rings. The molecule has 1 aliphatic heterocycles. The topological polar surface area (TPSA) is 134 Å². The van der Waals surface area contributed by atoms with Crippen LogP contribution < -0.4 is 16.2 Å². The van der Waals surface area contributed by atoms with Crippen molar-refractivity contribution in [3.63, 3.8) is 0 Å². The summed E-state index contributed by atoms with van der Waals surface area (Å²) < 4.78 is 27.0. The third kappa shape index (κ3) is 5.07. The molecule has 4 rings (SSSR count). The lowest BCUT2D eigenvalue weighted by Gasteiger charge is -2.25. The van der Waals surface area contributed by atoms with Gasteiger partial charge in [-0.3, -0.25) is 23.7 Å². The lowest BCUT2D eigenvalue weighted by Crippen LogP contribution is -2.47. The number of likely N-dealkylation sites (N-methyl/N-ethyl adjacent to an activating group) is 1. The van der Waals surface area contributed by atoms with Crippen molar-refractivity contribution in [1.29, 1.82) is 0 Å². The molecule has 192 valence electrons. The van der Waals surface area contributed by atoms with Crippen molar-refractivity contribution in [1.82, 2.24) is 25.1 Å². The Hall–Kier alpha value is -3.83. The van der Waals surface area contributed by atoms with Gasteiger partial charge in [-0.1, -0.05) is 12.1 Å². The molecule has 1 aromatic carbocycles. The van der Waals surface area contributed by atoms with Gasteiger partial charge in [0.2, 0.25) is 5.75 Å². The molecule has 3 amide bonds. The summed E-state index contributed by atoms with van der Waals surface area (Å²) in [4.78, 5) is 55.8. The van der Waals surface area contributed by atoms with Crippen LogP contribution in [-0.4, -0.2) is 63.6 Å². The van der Waals surface area contributed by atoms with E-state index in [0.717, 1.165) is 4.90 Å². The molecule has 0 saturated heterocycles. The van der Waals surface area contributed by atoms with Gasteiger partial charge < -0.3 is 20.6 Å². The van der Waals surface area contributed by atoms with E-state index in [1.165, 1.54) is 35.9 Å². The highest BCUT2D eigenvalue weighted by Crippen LogP contribution is 2.42. The third-order valence-corrected chi connectivity index (χ3v) is 6.79. The molecule has 0 spiro atoms. The molecule has 3 unspecified atom stereocenters. The summed E-state index contributed by atoms with van der Waals surface area (Å²) in [5.74, 6) is -3.81. The Labute approximate surface area is 205 Å². The minimum Gasteiger partial charge on any atom is -0.501 e. The van der Waals surface area contributed by atoms with Crippen LogP contribution in [0, 0.1) is 11.7 Å². The second-order valence-corrected chi connectivity index (χ2v) is 9.16. The lowest BCUT2D eigenvalue weighted by atomic mass is 10.0. The maximum absolute atomic E-state index is 13.1. The normalized spacial score (nSPS) is 20.2. The Balaban J connectivity index is 1.57. The Morgan fingerprint density at radius 1 is 1.22 bits per heavy atom. The Kier molecular flexibility index (Phi) is 7.32. The summed E-state index contributed by atoms with van der Waals surface area (Å²) in [6.45, 7) is -0.665. The molecule has 1 aromatic heterocycles. The first-order valence-electron chi connectivity index (χ1n) is 11.7. The van der Waals surface area contributed by atoms with Crippen molar-refractivity contribution in [2.24, 2.45) is 5.92 Å². The number of aromatic hydroxyl groups is 1. The van der Waals surface area contributed by atoms with Crippen LogP contribution in [0.15, 0.2) is 29.1 Å². The second kappa shape index (κ2) is 10.4. The summed E-state index contributed by atoms with van der Waals surface area (Å²) in [5.41, 5.74) is -0.592. The minimum atomic E-state index is -0.882. The van der Waals surface area contributed by atoms with Crippen LogP contribution in [0.25, 0.3) is 0 Å². The molecule has 36 heavy (non-hydrogen) atoms. The Bertz CT molecular complexity index is 1230. The first-order valence-corrected chi connectivity index (χ1v) is 11.7. The Morgan fingerprint density at radius 3 is 2.64 bits per heavy atom. The monoisotopic (exact) mass is 503 g/mol. The molecular weight excluding hydrogens is 476 g/mol. The van der Waals surface area contributed by atoms with Gasteiger partial charge in [0.25, 0.3) is 11.5 Å². The second-order valence-electron chi connectivity index (χ2n) is 9.16. The van der Waals surface area contributed by atoms with E-state index in [2.05, 4.69) is 15.6 Å². The van der Waals surface area contributed by atoms with Gasteiger partial charge >= 0.3 is 11.8 Å². The molecule has 2 aromatic rings. The van der Waals surface area contributed by atoms with Gasteiger partial charge in [-0.2, -0.15) is 0 Å². The van der Waals surface area contributed by atoms with Gasteiger partial charge in [0, 0.05) is 38.6 Å². The molecule has 1 fully saturated rings. The van der Waals surface area contributed by atoms with Crippen LogP contribution in [0.1, 0.15) is 47.1 Å². The molecule has 1 aliphatic carbocycles. The van der Waals surface area contributed by atoms with Gasteiger partial charge in [0.05, 0.1) is 0 Å². The van der Waals surface area contributed by atoms with Crippen molar-refractivity contribution in [3.05, 3.63) is 57.5 Å². The van der Waals surface area contributed by atoms with Crippen LogP contribution in [0.3, 0.4) is 0 Å². The highest BCUT2D eigenvalue weighted by molar-refractivity contribution is 6.35. The summed E-state index contributed by atoms with van der Waals surface area (Å²) in [7, 11) is 1.33. The summed E-state index contributed by atoms with van der Waals surface area (Å²) in [6, 6.07) is 4.96. The highest BCUT2D eigenvalue weighted by atomic mass is 19.1. The van der Waals surface area contributed by atoms with Gasteiger partial charge in [-0.25, -0.2) is 13.8 Å². The van der Waals surface area contributed by atoms with E-state index in [1.54, 1.807) is 0 Å². The largest absolute Gasteiger partial charge is 0.501 e. The summed E-state index contributed by atoms with van der Waals surface area (Å²) in [6.07, 6.45) is 1.73. The Morgan fingerprint density at radius 2 is 1.94 bits per heavy atom. The zero-order valence-corrected chi connectivity index (χ0v) is 19.7. The number of alkyl halides is 1. The molecule has 3 atom stereocenters. The number of benzene rings is 1. The molecule has 10 nitrogen and oxygen atoms in total. The van der Waals surface area contributed by atoms with Crippen LogP contribution in [-0.2, 0) is 22.7 Å². The maximum Gasteiger partial charge on any atom is 0.311 e. The smallest absolute Gasteiger partial charge is 0.311 e. The van der Waals surface area contributed by atoms with E-state index in [9.17, 15) is 33.1 Å². The number of carbonyl (C=O) groups excluding carboxylic acids is 3. The zero-order chi connectivity index (χ0) is 26.0. The molecule has 2 bridgehead atoms. The summed E-state index contributed by atoms with van der Waals surface area (Å²) in [5, 5.41) is 15.7. The van der Waals surface area contributed by atoms with Crippen LogP contribution >= 0.6 is 0 Å². The van der Waals surface area contributed by atoms with Crippen LogP contribution in [0.4, 0.5) is 8.78 Å². The van der Waals surface area contributed by atoms with Crippen LogP contribution in [0.2, 0.25) is 0 Å². The van der Waals surface area contributed by atoms with Gasteiger partial charge in [-0.15, -0.1) is 0 Å². The fourth-order valence-electron chi connectivity index (χ4n) is 4.85. The molecule has 0 radical (unpaired) electrons. The molecule has 2 heterocycles. The lowest BCUT2D eigenvalue weighted by molar-refractivity contribution is -0.145. The van der Waals surface area contributed by atoms with Gasteiger partial charge in [-0.05, 0) is 42.9 Å². The van der Waals surface area contributed by atoms with E-state index in [4.69, 9.17) is 0 Å². The van der Waals surface area contributed by atoms with E-state index in [0.29, 0.717) is 31.4 Å². The van der Waals surface area contributed by atoms with Crippen molar-refractivity contribution >= 4 is 17.7 Å². The predicted octanol–water partition coefficient (Wildman–Crippen LogP) is 0.828. The number of nitrogens with one attached hydrogen (secondary N) is 2. The van der Waals surface area contributed by atoms with E-state index in [-0.39, 0.29) is 24.8 Å². The van der Waals surface area contributed by atoms with Gasteiger partial charge in [0.15, 0.2) is 5.69 Å². The van der Waals surface area contributed by atoms with E-state index < -0.39 is 59.2 Å². The first kappa shape index (κ1) is 25.3. The fourth-order valence-corrected chi connectivity index (χ4v) is 4.85. The van der Waals surface area contributed by atoms with E-state index >= 15 is 0 Å². The van der Waals surface area contributed by atoms with E-state index in [1.807, 2.05) is 0 Å². The average molecular weight is 504 g/mol. The standard InChI is InChI=1S/C24H27F2N5O5/c1-30(9-7-25)24(36)22(34)28-17-11-14-6-8-31-20(16(17)10-14)29-18(19(32)23(31)35)21(33)27-12-13-2-4-15(26)5-3-13/h2-5,14,16-17,32H,6-12H2,1H3,(H,27,33)(H,28,34). The number of hydrogen-bond donors (Lipinski definition) is 3. The minimum absolute atomic E-state index is 0.0251. The number of carbonyl (C=O) groups is 3. The quantitative estimate of drug-likeness (QED) is 0.500. The maximum atomic E-state index is 13.1. The number of hydrogen-bond acceptors (Lipinski definition) is 6. The van der Waals surface area contributed by atoms with Crippen molar-refractivity contribution in [3.8, 4) is 5.75 Å². The number of nitrogens with zero attached hydrogens (tertiary/aromatic N) is 3. The SMILES string of the molecule is CN(CCF)C(=O)C(=O)NC1CC2CCn3c(nc(C(=O)NCc4ccc(F)cc4)c(O)c3=O)C1C2. The molecular formula is C24H27F2N5O5. The zero-order valence-electron chi connectivity index (χ0n) is 19.7. The first-order chi connectivity index (χ1) is 17.2. The fraction of sp³-hybridized carbons (Fsp3) is 0.458. The number of rotatable bonds is 6. The molecule has 3 N–H and O–H groups in total. The number of amides is 3. The van der Waals surface area contributed by atoms with Gasteiger partial charge in [0.1, 0.15) is 18.3 Å². The van der Waals surface area contributed by atoms with Crippen molar-refractivity contribution in [2.45, 2.75) is 44.3 Å². The summed E-state index contributed by atoms with van der Waals surface area (Å²) >= 11 is 0. The average Bonchev–Trinajstić information content (AvgIpc) is 3.15. The number of aromatic nitrogens is 2. The molecule has 1 saturated carbocycles. The highest BCUT2D eigenvalue weighted by Gasteiger charge is 2.42.